The van der Waals surface area contributed by atoms with Crippen LogP contribution in [0, 0.1) is 17.6 Å². The van der Waals surface area contributed by atoms with E-state index in [-0.39, 0.29) is 11.4 Å². The van der Waals surface area contributed by atoms with E-state index in [2.05, 4.69) is 10.3 Å². The lowest BCUT2D eigenvalue weighted by molar-refractivity contribution is -0.272. The van der Waals surface area contributed by atoms with E-state index in [1.807, 2.05) is 0 Å². The molecule has 1 amide bonds. The van der Waals surface area contributed by atoms with Gasteiger partial charge in [-0.25, -0.2) is 4.39 Å². The van der Waals surface area contributed by atoms with Crippen molar-refractivity contribution in [2.24, 2.45) is 5.92 Å². The lowest BCUT2D eigenvalue weighted by Gasteiger charge is -2.31. The summed E-state index contributed by atoms with van der Waals surface area (Å²) in [6.45, 7) is 3.13. The van der Waals surface area contributed by atoms with Crippen LogP contribution in [0.4, 0.5) is 27.6 Å². The molecule has 0 aliphatic carbocycles. The Morgan fingerprint density at radius 2 is 1.88 bits per heavy atom. The molecule has 0 unspecified atom stereocenters. The van der Waals surface area contributed by atoms with Crippen molar-refractivity contribution in [3.63, 3.8) is 0 Å². The first-order valence-electron chi connectivity index (χ1n) is 9.47. The largest absolute Gasteiger partial charge is 0.505 e. The van der Waals surface area contributed by atoms with Gasteiger partial charge >= 0.3 is 6.18 Å². The third-order valence-electron chi connectivity index (χ3n) is 5.77. The Bertz CT molecular complexity index is 1070. The molecule has 0 bridgehead atoms. The van der Waals surface area contributed by atoms with Crippen LogP contribution in [0.3, 0.4) is 0 Å². The summed E-state index contributed by atoms with van der Waals surface area (Å²) in [6.07, 6.45) is -5.50. The summed E-state index contributed by atoms with van der Waals surface area (Å²) in [6, 6.07) is 4.11. The number of aromatic nitrogens is 1. The number of pyridine rings is 1. The maximum absolute atomic E-state index is 14.0. The smallest absolute Gasteiger partial charge is 0.417 e. The molecular weight excluding hydrogens is 439 g/mol. The molecule has 172 valence electrons. The maximum atomic E-state index is 14.0. The molecule has 32 heavy (non-hydrogen) atoms. The second-order valence-electron chi connectivity index (χ2n) is 7.73. The van der Waals surface area contributed by atoms with Crippen LogP contribution in [0.2, 0.25) is 0 Å². The average molecular weight is 458 g/mol. The number of rotatable bonds is 4. The highest BCUT2D eigenvalue weighted by molar-refractivity contribution is 5.97. The summed E-state index contributed by atoms with van der Waals surface area (Å²) in [5.74, 6) is -8.59. The molecule has 3 rings (SSSR count). The van der Waals surface area contributed by atoms with Gasteiger partial charge in [-0.1, -0.05) is 13.0 Å². The molecule has 1 aliphatic rings. The molecule has 1 aromatic heterocycles. The zero-order valence-electron chi connectivity index (χ0n) is 17.1. The predicted octanol–water partition coefficient (Wildman–Crippen LogP) is 4.35. The number of benzene rings is 1. The molecule has 1 aromatic carbocycles. The lowest BCUT2D eigenvalue weighted by Crippen LogP contribution is -2.47. The van der Waals surface area contributed by atoms with Crippen LogP contribution in [0.1, 0.15) is 42.7 Å². The van der Waals surface area contributed by atoms with Gasteiger partial charge in [-0.2, -0.15) is 17.6 Å². The normalized spacial score (nSPS) is 25.6. The van der Waals surface area contributed by atoms with Crippen molar-refractivity contribution in [1.29, 1.82) is 0 Å². The second kappa shape index (κ2) is 8.12. The number of carbonyl (C=O) groups excluding carboxylic acids is 2. The summed E-state index contributed by atoms with van der Waals surface area (Å²) < 4.78 is 74.1. The third-order valence-corrected chi connectivity index (χ3v) is 5.77. The number of halogens is 5. The van der Waals surface area contributed by atoms with Gasteiger partial charge in [0.15, 0.2) is 23.0 Å². The number of carbonyl (C=O) groups is 2. The fourth-order valence-corrected chi connectivity index (χ4v) is 3.76. The van der Waals surface area contributed by atoms with Gasteiger partial charge in [0.05, 0.1) is 0 Å². The van der Waals surface area contributed by atoms with E-state index in [1.165, 1.54) is 25.3 Å². The molecular formula is C21H19F5N2O4. The SMILES string of the molecule is CC(=O)c1cc(NC(=O)[C@@H]2O[C@](C)(C(F)(F)F)[C@@H](C)[C@@H]2c2ccc(F)c(F)c2O)ccn1. The standard InChI is InChI=1S/C21H19F5N2O4/c1-9-15(12-4-5-13(22)16(23)17(12)30)18(32-20(9,3)21(24,25)26)19(31)28-11-6-7-27-14(8-11)10(2)29/h4-9,15,18,30H,1-3H3,(H,27,28,31)/t9-,15+,18+,20-/m0/s1. The van der Waals surface area contributed by atoms with Crippen LogP contribution in [0.25, 0.3) is 0 Å². The van der Waals surface area contributed by atoms with Gasteiger partial charge in [0.2, 0.25) is 5.82 Å². The van der Waals surface area contributed by atoms with E-state index in [9.17, 15) is 36.6 Å². The molecule has 6 nitrogen and oxygen atoms in total. The molecule has 2 heterocycles. The van der Waals surface area contributed by atoms with E-state index in [4.69, 9.17) is 4.74 Å². The Balaban J connectivity index is 2.05. The molecule has 4 atom stereocenters. The average Bonchev–Trinajstić information content (AvgIpc) is 2.99. The summed E-state index contributed by atoms with van der Waals surface area (Å²) in [7, 11) is 0. The fourth-order valence-electron chi connectivity index (χ4n) is 3.76. The number of anilines is 1. The monoisotopic (exact) mass is 458 g/mol. The number of phenolic OH excluding ortho intramolecular Hbond substituents is 1. The first-order valence-corrected chi connectivity index (χ1v) is 9.47. The van der Waals surface area contributed by atoms with E-state index in [0.29, 0.717) is 6.07 Å². The number of alkyl halides is 3. The van der Waals surface area contributed by atoms with E-state index < -0.39 is 64.4 Å². The first kappa shape index (κ1) is 23.6. The number of nitrogens with one attached hydrogen (secondary N) is 1. The molecule has 1 aliphatic heterocycles. The summed E-state index contributed by atoms with van der Waals surface area (Å²) in [5.41, 5.74) is -3.14. The zero-order chi connectivity index (χ0) is 24.0. The minimum atomic E-state index is -4.91. The quantitative estimate of drug-likeness (QED) is 0.526. The third kappa shape index (κ3) is 3.92. The molecule has 1 fully saturated rings. The maximum Gasteiger partial charge on any atom is 0.417 e. The van der Waals surface area contributed by atoms with E-state index in [1.54, 1.807) is 0 Å². The highest BCUT2D eigenvalue weighted by Crippen LogP contribution is 2.54. The molecule has 2 aromatic rings. The van der Waals surface area contributed by atoms with Crippen LogP contribution in [0.5, 0.6) is 5.75 Å². The van der Waals surface area contributed by atoms with Crippen LogP contribution in [0.15, 0.2) is 30.5 Å². The van der Waals surface area contributed by atoms with Gasteiger partial charge < -0.3 is 15.2 Å². The summed E-state index contributed by atoms with van der Waals surface area (Å²) in [4.78, 5) is 28.3. The molecule has 11 heteroatoms. The number of Topliss-reactive ketones (excluding diaryl/α,β-unsaturated/α-hetero) is 1. The number of ketones is 1. The van der Waals surface area contributed by atoms with Gasteiger partial charge in [0.1, 0.15) is 11.8 Å². The van der Waals surface area contributed by atoms with Crippen LogP contribution in [-0.4, -0.2) is 39.7 Å². The second-order valence-corrected chi connectivity index (χ2v) is 7.73. The zero-order valence-corrected chi connectivity index (χ0v) is 17.1. The van der Waals surface area contributed by atoms with Gasteiger partial charge in [0, 0.05) is 36.2 Å². The van der Waals surface area contributed by atoms with Crippen molar-refractivity contribution in [2.75, 3.05) is 5.32 Å². The molecule has 2 N–H and O–H groups in total. The van der Waals surface area contributed by atoms with Crippen molar-refractivity contribution >= 4 is 17.4 Å². The topological polar surface area (TPSA) is 88.5 Å². The van der Waals surface area contributed by atoms with Crippen LogP contribution < -0.4 is 5.32 Å². The number of ether oxygens (including phenoxy) is 1. The molecule has 0 radical (unpaired) electrons. The lowest BCUT2D eigenvalue weighted by atomic mass is 9.77. The number of hydrogen-bond donors (Lipinski definition) is 2. The van der Waals surface area contributed by atoms with Gasteiger partial charge in [-0.15, -0.1) is 0 Å². The predicted molar refractivity (Wildman–Crippen MR) is 102 cm³/mol. The van der Waals surface area contributed by atoms with Crippen molar-refractivity contribution in [3.05, 3.63) is 53.4 Å². The Hall–Kier alpha value is -3.08. The van der Waals surface area contributed by atoms with Crippen molar-refractivity contribution < 1.29 is 41.4 Å². The highest BCUT2D eigenvalue weighted by atomic mass is 19.4. The number of hydrogen-bond acceptors (Lipinski definition) is 5. The van der Waals surface area contributed by atoms with Crippen LogP contribution in [-0.2, 0) is 9.53 Å². The Labute approximate surface area is 179 Å². The fraction of sp³-hybridized carbons (Fsp3) is 0.381. The minimum Gasteiger partial charge on any atom is -0.505 e. The highest BCUT2D eigenvalue weighted by Gasteiger charge is 2.65. The van der Waals surface area contributed by atoms with Crippen LogP contribution >= 0.6 is 0 Å². The number of amides is 1. The minimum absolute atomic E-state index is 0.0124. The number of aromatic hydroxyl groups is 1. The van der Waals surface area contributed by atoms with Crippen molar-refractivity contribution in [3.8, 4) is 5.75 Å². The van der Waals surface area contributed by atoms with Gasteiger partial charge in [0.25, 0.3) is 5.91 Å². The van der Waals surface area contributed by atoms with Crippen molar-refractivity contribution in [1.82, 2.24) is 4.98 Å². The first-order chi connectivity index (χ1) is 14.8. The van der Waals surface area contributed by atoms with Gasteiger partial charge in [-0.05, 0) is 25.1 Å². The van der Waals surface area contributed by atoms with E-state index >= 15 is 0 Å². The summed E-state index contributed by atoms with van der Waals surface area (Å²) >= 11 is 0. The number of nitrogens with zero attached hydrogens (tertiary/aromatic N) is 1. The van der Waals surface area contributed by atoms with Gasteiger partial charge in [-0.3, -0.25) is 14.6 Å². The number of phenols is 1. The Kier molecular flexibility index (Phi) is 5.98. The molecule has 1 saturated heterocycles. The van der Waals surface area contributed by atoms with Crippen molar-refractivity contribution in [2.45, 2.75) is 44.6 Å². The molecule has 0 spiro atoms. The Morgan fingerprint density at radius 1 is 1.22 bits per heavy atom. The summed E-state index contributed by atoms with van der Waals surface area (Å²) in [5, 5.41) is 12.4. The Morgan fingerprint density at radius 3 is 2.47 bits per heavy atom. The van der Waals surface area contributed by atoms with E-state index in [0.717, 1.165) is 19.9 Å². The molecule has 0 saturated carbocycles.